The van der Waals surface area contributed by atoms with Gasteiger partial charge in [0.15, 0.2) is 0 Å². The molecule has 92 valence electrons. The molecule has 2 heterocycles. The monoisotopic (exact) mass is 234 g/mol. The highest BCUT2D eigenvalue weighted by Crippen LogP contribution is 2.21. The van der Waals surface area contributed by atoms with E-state index in [4.69, 9.17) is 4.42 Å². The topological polar surface area (TPSA) is 51.2 Å². The highest BCUT2D eigenvalue weighted by atomic mass is 16.3. The molecule has 0 saturated heterocycles. The molecule has 0 saturated carbocycles. The lowest BCUT2D eigenvalue weighted by Crippen LogP contribution is -2.09. The second-order valence-corrected chi connectivity index (χ2v) is 4.19. The van der Waals surface area contributed by atoms with E-state index in [-0.39, 0.29) is 0 Å². The first-order valence-corrected chi connectivity index (χ1v) is 5.94. The lowest BCUT2D eigenvalue weighted by molar-refractivity contribution is 0.172. The van der Waals surface area contributed by atoms with E-state index in [0.717, 1.165) is 30.1 Å². The number of rotatable bonds is 5. The van der Waals surface area contributed by atoms with Gasteiger partial charge in [0.1, 0.15) is 11.6 Å². The predicted octanol–water partition coefficient (Wildman–Crippen LogP) is 2.47. The average Bonchev–Trinajstić information content (AvgIpc) is 2.89. The van der Waals surface area contributed by atoms with Gasteiger partial charge >= 0.3 is 0 Å². The van der Waals surface area contributed by atoms with Gasteiger partial charge in [-0.25, -0.2) is 4.98 Å². The van der Waals surface area contributed by atoms with Crippen molar-refractivity contribution in [3.63, 3.8) is 0 Å². The summed E-state index contributed by atoms with van der Waals surface area (Å²) in [6, 6.07) is 1.81. The van der Waals surface area contributed by atoms with Crippen LogP contribution in [-0.2, 0) is 13.0 Å². The first-order chi connectivity index (χ1) is 8.22. The van der Waals surface area contributed by atoms with Gasteiger partial charge in [-0.2, -0.15) is 0 Å². The highest BCUT2D eigenvalue weighted by Gasteiger charge is 2.15. The van der Waals surface area contributed by atoms with Crippen LogP contribution in [0.3, 0.4) is 0 Å². The number of aryl methyl sites for hydroxylation is 2. The summed E-state index contributed by atoms with van der Waals surface area (Å²) in [5, 5.41) is 10.1. The Hall–Kier alpha value is -1.55. The van der Waals surface area contributed by atoms with E-state index in [1.807, 2.05) is 19.2 Å². The lowest BCUT2D eigenvalue weighted by Gasteiger charge is -2.11. The third-order valence-corrected chi connectivity index (χ3v) is 2.90. The fourth-order valence-electron chi connectivity index (χ4n) is 2.00. The number of nitrogens with zero attached hydrogens (tertiary/aromatic N) is 2. The molecule has 2 aromatic rings. The van der Waals surface area contributed by atoms with Gasteiger partial charge in [0, 0.05) is 30.9 Å². The first kappa shape index (κ1) is 11.9. The zero-order valence-electron chi connectivity index (χ0n) is 10.3. The number of imidazole rings is 1. The van der Waals surface area contributed by atoms with E-state index in [1.165, 1.54) is 0 Å². The Labute approximate surface area is 101 Å². The maximum Gasteiger partial charge on any atom is 0.111 e. The zero-order valence-corrected chi connectivity index (χ0v) is 10.3. The minimum atomic E-state index is -0.549. The number of aliphatic hydroxyl groups excluding tert-OH is 1. The zero-order chi connectivity index (χ0) is 12.3. The van der Waals surface area contributed by atoms with E-state index in [1.54, 1.807) is 12.5 Å². The van der Waals surface area contributed by atoms with Crippen molar-refractivity contribution in [2.75, 3.05) is 0 Å². The Balaban J connectivity index is 2.10. The first-order valence-electron chi connectivity index (χ1n) is 5.94. The van der Waals surface area contributed by atoms with Gasteiger partial charge in [0.2, 0.25) is 0 Å². The maximum absolute atomic E-state index is 10.1. The molecule has 0 aliphatic heterocycles. The number of hydrogen-bond donors (Lipinski definition) is 1. The van der Waals surface area contributed by atoms with Crippen molar-refractivity contribution in [3.8, 4) is 0 Å². The summed E-state index contributed by atoms with van der Waals surface area (Å²) in [5.74, 6) is 1.69. The lowest BCUT2D eigenvalue weighted by atomic mass is 10.1. The molecule has 0 aromatic carbocycles. The number of furan rings is 1. The molecular formula is C13H18N2O2. The summed E-state index contributed by atoms with van der Waals surface area (Å²) in [7, 11) is 0. The van der Waals surface area contributed by atoms with Gasteiger partial charge in [-0.05, 0) is 19.4 Å². The van der Waals surface area contributed by atoms with Crippen molar-refractivity contribution in [1.29, 1.82) is 0 Å². The molecule has 2 rings (SSSR count). The summed E-state index contributed by atoms with van der Waals surface area (Å²) in [6.07, 6.45) is 6.37. The van der Waals surface area contributed by atoms with Gasteiger partial charge in [0.25, 0.3) is 0 Å². The Morgan fingerprint density at radius 1 is 1.53 bits per heavy atom. The van der Waals surface area contributed by atoms with E-state index >= 15 is 0 Å². The molecule has 0 amide bonds. The normalized spacial score (nSPS) is 12.9. The average molecular weight is 234 g/mol. The van der Waals surface area contributed by atoms with Crippen molar-refractivity contribution in [1.82, 2.24) is 9.55 Å². The summed E-state index contributed by atoms with van der Waals surface area (Å²) in [5.41, 5.74) is 0.844. The van der Waals surface area contributed by atoms with Crippen LogP contribution in [0.2, 0.25) is 0 Å². The van der Waals surface area contributed by atoms with Crippen LogP contribution in [0.5, 0.6) is 0 Å². The second kappa shape index (κ2) is 5.19. The third-order valence-electron chi connectivity index (χ3n) is 2.90. The number of hydrogen-bond acceptors (Lipinski definition) is 3. The molecule has 0 bridgehead atoms. The van der Waals surface area contributed by atoms with Gasteiger partial charge in [-0.3, -0.25) is 0 Å². The number of aromatic nitrogens is 2. The quantitative estimate of drug-likeness (QED) is 0.864. The van der Waals surface area contributed by atoms with E-state index in [0.29, 0.717) is 6.42 Å². The van der Waals surface area contributed by atoms with E-state index < -0.39 is 6.10 Å². The number of aliphatic hydroxyl groups is 1. The molecule has 4 heteroatoms. The van der Waals surface area contributed by atoms with E-state index in [2.05, 4.69) is 16.5 Å². The Bertz CT molecular complexity index is 473. The van der Waals surface area contributed by atoms with Crippen molar-refractivity contribution in [3.05, 3.63) is 41.9 Å². The Kier molecular flexibility index (Phi) is 3.64. The summed E-state index contributed by atoms with van der Waals surface area (Å²) in [6.45, 7) is 4.92. The maximum atomic E-state index is 10.1. The molecule has 2 aromatic heterocycles. The van der Waals surface area contributed by atoms with Crippen LogP contribution in [0.4, 0.5) is 0 Å². The molecule has 0 aliphatic rings. The molecule has 0 radical (unpaired) electrons. The van der Waals surface area contributed by atoms with Crippen LogP contribution in [0.1, 0.15) is 36.6 Å². The molecule has 17 heavy (non-hydrogen) atoms. The molecule has 1 unspecified atom stereocenters. The summed E-state index contributed by atoms with van der Waals surface area (Å²) >= 11 is 0. The van der Waals surface area contributed by atoms with Crippen LogP contribution in [-0.4, -0.2) is 14.7 Å². The van der Waals surface area contributed by atoms with Gasteiger partial charge < -0.3 is 14.1 Å². The molecule has 0 spiro atoms. The van der Waals surface area contributed by atoms with Crippen LogP contribution in [0, 0.1) is 6.92 Å². The predicted molar refractivity (Wildman–Crippen MR) is 64.6 cm³/mol. The van der Waals surface area contributed by atoms with E-state index in [9.17, 15) is 5.11 Å². The largest absolute Gasteiger partial charge is 0.469 e. The standard InChI is InChI=1S/C13H18N2O2/c1-3-6-15-7-5-14-13(15)9-12(16)11-4-8-17-10(11)2/h4-5,7-8,12,16H,3,6,9H2,1-2H3. The Morgan fingerprint density at radius 3 is 3.00 bits per heavy atom. The molecule has 0 aliphatic carbocycles. The van der Waals surface area contributed by atoms with Crippen LogP contribution in [0.15, 0.2) is 29.1 Å². The smallest absolute Gasteiger partial charge is 0.111 e. The highest BCUT2D eigenvalue weighted by molar-refractivity contribution is 5.19. The molecule has 1 N–H and O–H groups in total. The molecule has 1 atom stereocenters. The SMILES string of the molecule is CCCn1ccnc1CC(O)c1ccoc1C. The van der Waals surface area contributed by atoms with Gasteiger partial charge in [-0.1, -0.05) is 6.92 Å². The van der Waals surface area contributed by atoms with Crippen molar-refractivity contribution in [2.24, 2.45) is 0 Å². The molecule has 0 fully saturated rings. The van der Waals surface area contributed by atoms with Gasteiger partial charge in [-0.15, -0.1) is 0 Å². The Morgan fingerprint density at radius 2 is 2.35 bits per heavy atom. The van der Waals surface area contributed by atoms with Gasteiger partial charge in [0.05, 0.1) is 12.4 Å². The third kappa shape index (κ3) is 2.58. The van der Waals surface area contributed by atoms with Crippen LogP contribution >= 0.6 is 0 Å². The van der Waals surface area contributed by atoms with Crippen LogP contribution < -0.4 is 0 Å². The van der Waals surface area contributed by atoms with Crippen molar-refractivity contribution < 1.29 is 9.52 Å². The van der Waals surface area contributed by atoms with Crippen molar-refractivity contribution in [2.45, 2.75) is 39.3 Å². The summed E-state index contributed by atoms with van der Waals surface area (Å²) < 4.78 is 7.28. The second-order valence-electron chi connectivity index (χ2n) is 4.19. The minimum Gasteiger partial charge on any atom is -0.469 e. The fraction of sp³-hybridized carbons (Fsp3) is 0.462. The molecular weight excluding hydrogens is 216 g/mol. The summed E-state index contributed by atoms with van der Waals surface area (Å²) in [4.78, 5) is 4.29. The van der Waals surface area contributed by atoms with Crippen LogP contribution in [0.25, 0.3) is 0 Å². The minimum absolute atomic E-state index is 0.521. The molecule has 4 nitrogen and oxygen atoms in total. The fourth-order valence-corrected chi connectivity index (χ4v) is 2.00. The van der Waals surface area contributed by atoms with Crippen molar-refractivity contribution >= 4 is 0 Å².